The lowest BCUT2D eigenvalue weighted by molar-refractivity contribution is 0.0652. The smallest absolute Gasteiger partial charge is 0.293 e. The van der Waals surface area contributed by atoms with Crippen molar-refractivity contribution in [3.63, 3.8) is 0 Å². The van der Waals surface area contributed by atoms with Crippen LogP contribution in [0.4, 0.5) is 0 Å². The van der Waals surface area contributed by atoms with Crippen LogP contribution in [0.1, 0.15) is 48.3 Å². The predicted octanol–water partition coefficient (Wildman–Crippen LogP) is 2.88. The van der Waals surface area contributed by atoms with Crippen molar-refractivity contribution >= 4 is 33.1 Å². The van der Waals surface area contributed by atoms with Crippen molar-refractivity contribution in [2.24, 2.45) is 11.3 Å². The number of aromatic nitrogens is 4. The number of fused-ring (bicyclic) bond motifs is 5. The van der Waals surface area contributed by atoms with Crippen LogP contribution < -0.4 is 0 Å². The van der Waals surface area contributed by atoms with E-state index in [4.69, 9.17) is 4.98 Å². The average Bonchev–Trinajstić information content (AvgIpc) is 3.27. The highest BCUT2D eigenvalue weighted by molar-refractivity contribution is 7.19. The third-order valence-electron chi connectivity index (χ3n) is 6.59. The Hall–Kier alpha value is -2.06. The van der Waals surface area contributed by atoms with E-state index in [2.05, 4.69) is 42.8 Å². The summed E-state index contributed by atoms with van der Waals surface area (Å²) in [5.74, 6) is 0.894. The van der Waals surface area contributed by atoms with Gasteiger partial charge in [-0.3, -0.25) is 4.79 Å². The van der Waals surface area contributed by atoms with Crippen LogP contribution in [0.3, 0.4) is 0 Å². The zero-order valence-electron chi connectivity index (χ0n) is 17.6. The van der Waals surface area contributed by atoms with Crippen molar-refractivity contribution in [3.8, 4) is 0 Å². The van der Waals surface area contributed by atoms with Crippen molar-refractivity contribution in [1.82, 2.24) is 29.4 Å². The topological polar surface area (TPSA) is 66.6 Å². The van der Waals surface area contributed by atoms with Crippen LogP contribution in [0.15, 0.2) is 6.33 Å². The Morgan fingerprint density at radius 2 is 1.97 bits per heavy atom. The van der Waals surface area contributed by atoms with E-state index in [0.29, 0.717) is 11.3 Å². The standard InChI is InChI=1S/C21H28N6OS/c1-21(2,3)13-5-6-14-15(11-13)29-19-16(14)18-23-17(24-27(18)12-22-19)20(28)26-9-7-25(4)8-10-26/h12-13H,5-11H2,1-4H3/t13-/m0/s1. The summed E-state index contributed by atoms with van der Waals surface area (Å²) in [4.78, 5) is 28.8. The summed E-state index contributed by atoms with van der Waals surface area (Å²) in [6, 6.07) is 0. The summed E-state index contributed by atoms with van der Waals surface area (Å²) in [6.07, 6.45) is 5.04. The summed E-state index contributed by atoms with van der Waals surface area (Å²) in [7, 11) is 2.08. The number of rotatable bonds is 1. The van der Waals surface area contributed by atoms with Gasteiger partial charge in [-0.1, -0.05) is 20.8 Å². The van der Waals surface area contributed by atoms with Gasteiger partial charge >= 0.3 is 0 Å². The van der Waals surface area contributed by atoms with Crippen LogP contribution >= 0.6 is 11.3 Å². The van der Waals surface area contributed by atoms with E-state index < -0.39 is 0 Å². The van der Waals surface area contributed by atoms with E-state index in [1.807, 2.05) is 4.90 Å². The van der Waals surface area contributed by atoms with E-state index in [0.717, 1.165) is 54.9 Å². The molecule has 4 heterocycles. The Morgan fingerprint density at radius 3 is 2.69 bits per heavy atom. The lowest BCUT2D eigenvalue weighted by Crippen LogP contribution is -2.47. The summed E-state index contributed by atoms with van der Waals surface area (Å²) < 4.78 is 1.69. The minimum absolute atomic E-state index is 0.0770. The molecule has 1 aliphatic carbocycles. The number of thiophene rings is 1. The average molecular weight is 413 g/mol. The van der Waals surface area contributed by atoms with Gasteiger partial charge in [0.15, 0.2) is 5.65 Å². The molecular formula is C21H28N6OS. The molecule has 2 aliphatic rings. The predicted molar refractivity (Wildman–Crippen MR) is 115 cm³/mol. The molecule has 0 radical (unpaired) electrons. The lowest BCUT2D eigenvalue weighted by atomic mass is 9.72. The Bertz CT molecular complexity index is 1090. The van der Waals surface area contributed by atoms with Crippen molar-refractivity contribution < 1.29 is 4.79 Å². The largest absolute Gasteiger partial charge is 0.333 e. The van der Waals surface area contributed by atoms with E-state index in [1.54, 1.807) is 22.2 Å². The molecule has 0 bridgehead atoms. The van der Waals surface area contributed by atoms with Crippen LogP contribution in [0.5, 0.6) is 0 Å². The van der Waals surface area contributed by atoms with Crippen LogP contribution in [0, 0.1) is 11.3 Å². The first-order valence-electron chi connectivity index (χ1n) is 10.4. The molecule has 1 fully saturated rings. The zero-order chi connectivity index (χ0) is 20.3. The number of likely N-dealkylation sites (N-methyl/N-ethyl adjacent to an activating group) is 1. The van der Waals surface area contributed by atoms with E-state index >= 15 is 0 Å². The second-order valence-electron chi connectivity index (χ2n) is 9.53. The Balaban J connectivity index is 1.53. The minimum atomic E-state index is -0.0770. The summed E-state index contributed by atoms with van der Waals surface area (Å²) >= 11 is 1.79. The van der Waals surface area contributed by atoms with Crippen molar-refractivity contribution in [2.75, 3.05) is 33.2 Å². The van der Waals surface area contributed by atoms with Gasteiger partial charge in [0.2, 0.25) is 5.82 Å². The van der Waals surface area contributed by atoms with Gasteiger partial charge in [0.05, 0.1) is 5.39 Å². The highest BCUT2D eigenvalue weighted by atomic mass is 32.1. The third kappa shape index (κ3) is 3.22. The maximum absolute atomic E-state index is 12.9. The van der Waals surface area contributed by atoms with E-state index in [9.17, 15) is 4.79 Å². The Kier molecular flexibility index (Phi) is 4.40. The molecule has 8 heteroatoms. The number of carbonyl (C=O) groups excluding carboxylic acids is 1. The van der Waals surface area contributed by atoms with Crippen LogP contribution in [-0.2, 0) is 12.8 Å². The van der Waals surface area contributed by atoms with Crippen molar-refractivity contribution in [1.29, 1.82) is 0 Å². The van der Waals surface area contributed by atoms with Gasteiger partial charge in [-0.2, -0.15) is 0 Å². The minimum Gasteiger partial charge on any atom is -0.333 e. The summed E-state index contributed by atoms with van der Waals surface area (Å²) in [5.41, 5.74) is 2.46. The summed E-state index contributed by atoms with van der Waals surface area (Å²) in [5, 5.41) is 5.58. The van der Waals surface area contributed by atoms with Crippen molar-refractivity contribution in [3.05, 3.63) is 22.6 Å². The number of hydrogen-bond donors (Lipinski definition) is 0. The maximum atomic E-state index is 12.9. The fourth-order valence-electron chi connectivity index (χ4n) is 4.56. The first kappa shape index (κ1) is 18.9. The molecule has 0 unspecified atom stereocenters. The number of piperazine rings is 1. The first-order chi connectivity index (χ1) is 13.8. The molecule has 3 aromatic rings. The number of nitrogens with zero attached hydrogens (tertiary/aromatic N) is 6. The Labute approximate surface area is 174 Å². The monoisotopic (exact) mass is 412 g/mol. The third-order valence-corrected chi connectivity index (χ3v) is 7.75. The molecule has 3 aromatic heterocycles. The molecule has 1 atom stereocenters. The second-order valence-corrected chi connectivity index (χ2v) is 10.6. The van der Waals surface area contributed by atoms with Crippen LogP contribution in [0.2, 0.25) is 0 Å². The number of carbonyl (C=O) groups is 1. The molecule has 0 aromatic carbocycles. The van der Waals surface area contributed by atoms with Gasteiger partial charge in [-0.25, -0.2) is 14.5 Å². The number of aryl methyl sites for hydroxylation is 1. The lowest BCUT2D eigenvalue weighted by Gasteiger charge is -2.33. The van der Waals surface area contributed by atoms with Crippen molar-refractivity contribution in [2.45, 2.75) is 40.0 Å². The molecule has 1 aliphatic heterocycles. The SMILES string of the molecule is CN1CCN(C(=O)c2nc3c4c5c(sc4ncn3n2)C[C@@H](C(C)(C)C)CC5)CC1. The quantitative estimate of drug-likeness (QED) is 0.615. The molecule has 7 nitrogen and oxygen atoms in total. The fourth-order valence-corrected chi connectivity index (χ4v) is 5.82. The number of amides is 1. The normalized spacial score (nSPS) is 21.1. The molecule has 154 valence electrons. The molecular weight excluding hydrogens is 384 g/mol. The Morgan fingerprint density at radius 1 is 1.21 bits per heavy atom. The van der Waals surface area contributed by atoms with Gasteiger partial charge in [0.1, 0.15) is 11.2 Å². The van der Waals surface area contributed by atoms with Gasteiger partial charge in [-0.15, -0.1) is 16.4 Å². The fraction of sp³-hybridized carbons (Fsp3) is 0.619. The second kappa shape index (κ2) is 6.74. The molecule has 29 heavy (non-hydrogen) atoms. The van der Waals surface area contributed by atoms with Crippen LogP contribution in [0.25, 0.3) is 15.9 Å². The van der Waals surface area contributed by atoms with Gasteiger partial charge in [-0.05, 0) is 43.2 Å². The van der Waals surface area contributed by atoms with E-state index in [-0.39, 0.29) is 11.7 Å². The van der Waals surface area contributed by atoms with Gasteiger partial charge in [0, 0.05) is 31.1 Å². The van der Waals surface area contributed by atoms with Crippen LogP contribution in [-0.4, -0.2) is 68.5 Å². The first-order valence-corrected chi connectivity index (χ1v) is 11.3. The molecule has 0 spiro atoms. The van der Waals surface area contributed by atoms with Gasteiger partial charge in [0.25, 0.3) is 5.91 Å². The number of hydrogen-bond acceptors (Lipinski definition) is 6. The molecule has 0 saturated carbocycles. The highest BCUT2D eigenvalue weighted by Crippen LogP contribution is 2.43. The zero-order valence-corrected chi connectivity index (χ0v) is 18.4. The maximum Gasteiger partial charge on any atom is 0.293 e. The summed E-state index contributed by atoms with van der Waals surface area (Å²) in [6.45, 7) is 10.2. The highest BCUT2D eigenvalue weighted by Gasteiger charge is 2.32. The molecule has 5 rings (SSSR count). The molecule has 0 N–H and O–H groups in total. The molecule has 1 amide bonds. The van der Waals surface area contributed by atoms with E-state index in [1.165, 1.54) is 16.9 Å². The molecule has 1 saturated heterocycles. The van der Waals surface area contributed by atoms with Gasteiger partial charge < -0.3 is 9.80 Å².